The van der Waals surface area contributed by atoms with Gasteiger partial charge in [-0.2, -0.15) is 0 Å². The molecule has 0 radical (unpaired) electrons. The van der Waals surface area contributed by atoms with E-state index in [9.17, 15) is 9.90 Å². The number of ether oxygens (including phenoxy) is 4. The number of carbonyl (C=O) groups is 1. The summed E-state index contributed by atoms with van der Waals surface area (Å²) in [6, 6.07) is 16.0. The number of hydrogen-bond donors (Lipinski definition) is 1. The molecule has 196 valence electrons. The van der Waals surface area contributed by atoms with Crippen molar-refractivity contribution in [3.8, 4) is 0 Å². The maximum absolute atomic E-state index is 12.9. The van der Waals surface area contributed by atoms with Crippen molar-refractivity contribution in [1.29, 1.82) is 0 Å². The summed E-state index contributed by atoms with van der Waals surface area (Å²) in [7, 11) is 0. The van der Waals surface area contributed by atoms with Gasteiger partial charge in [0.1, 0.15) is 23.7 Å². The molecule has 1 N–H and O–H groups in total. The lowest BCUT2D eigenvalue weighted by atomic mass is 9.87. The molecule has 0 saturated carbocycles. The van der Waals surface area contributed by atoms with Crippen molar-refractivity contribution < 1.29 is 28.8 Å². The zero-order chi connectivity index (χ0) is 26.3. The van der Waals surface area contributed by atoms with E-state index in [1.54, 1.807) is 20.8 Å². The molecule has 2 saturated heterocycles. The summed E-state index contributed by atoms with van der Waals surface area (Å²) in [6.07, 6.45) is -3.79. The fraction of sp³-hybridized carbons (Fsp3) is 0.552. The van der Waals surface area contributed by atoms with Crippen LogP contribution in [0.1, 0.15) is 64.5 Å². The quantitative estimate of drug-likeness (QED) is 0.537. The molecule has 2 aromatic rings. The van der Waals surface area contributed by atoms with Gasteiger partial charge in [-0.1, -0.05) is 75.0 Å². The number of benzene rings is 2. The van der Waals surface area contributed by atoms with Crippen LogP contribution in [0.3, 0.4) is 0 Å². The molecule has 7 heteroatoms. The molecule has 0 amide bonds. The highest BCUT2D eigenvalue weighted by Crippen LogP contribution is 2.42. The van der Waals surface area contributed by atoms with E-state index in [1.807, 2.05) is 37.3 Å². The van der Waals surface area contributed by atoms with Crippen LogP contribution in [0.15, 0.2) is 53.4 Å². The van der Waals surface area contributed by atoms with Gasteiger partial charge in [0.2, 0.25) is 0 Å². The number of aliphatic hydroxyl groups is 1. The summed E-state index contributed by atoms with van der Waals surface area (Å²) < 4.78 is 24.5. The van der Waals surface area contributed by atoms with E-state index in [1.165, 1.54) is 17.3 Å². The lowest BCUT2D eigenvalue weighted by Crippen LogP contribution is -2.62. The van der Waals surface area contributed by atoms with Crippen LogP contribution in [0.2, 0.25) is 0 Å². The van der Waals surface area contributed by atoms with Crippen molar-refractivity contribution in [1.82, 2.24) is 0 Å². The van der Waals surface area contributed by atoms with Gasteiger partial charge in [-0.3, -0.25) is 4.79 Å². The van der Waals surface area contributed by atoms with E-state index in [4.69, 9.17) is 18.9 Å². The maximum Gasteiger partial charge on any atom is 0.311 e. The first-order valence-corrected chi connectivity index (χ1v) is 13.4. The molecule has 2 aliphatic heterocycles. The van der Waals surface area contributed by atoms with Gasteiger partial charge in [-0.15, -0.1) is 0 Å². The molecule has 0 spiro atoms. The minimum atomic E-state index is -1.08. The minimum Gasteiger partial charge on any atom is -0.455 e. The van der Waals surface area contributed by atoms with Crippen molar-refractivity contribution in [2.24, 2.45) is 5.41 Å². The van der Waals surface area contributed by atoms with Crippen LogP contribution in [0.25, 0.3) is 0 Å². The first-order valence-electron chi connectivity index (χ1n) is 12.5. The van der Waals surface area contributed by atoms with Crippen molar-refractivity contribution in [2.75, 3.05) is 6.61 Å². The summed E-state index contributed by atoms with van der Waals surface area (Å²) in [5, 5.41) is 11.5. The first kappa shape index (κ1) is 27.1. The van der Waals surface area contributed by atoms with Crippen LogP contribution < -0.4 is 0 Å². The average Bonchev–Trinajstić information content (AvgIpc) is 2.81. The minimum absolute atomic E-state index is 0.0172. The smallest absolute Gasteiger partial charge is 0.311 e. The molecule has 6 atom stereocenters. The topological polar surface area (TPSA) is 74.2 Å². The lowest BCUT2D eigenvalue weighted by Gasteiger charge is -2.47. The predicted molar refractivity (Wildman–Crippen MR) is 140 cm³/mol. The van der Waals surface area contributed by atoms with Crippen LogP contribution in [-0.4, -0.2) is 47.5 Å². The van der Waals surface area contributed by atoms with Crippen LogP contribution in [0.5, 0.6) is 0 Å². The normalized spacial score (nSPS) is 28.9. The Kier molecular flexibility index (Phi) is 7.89. The highest BCUT2D eigenvalue weighted by molar-refractivity contribution is 7.99. The van der Waals surface area contributed by atoms with Crippen LogP contribution in [0.4, 0.5) is 0 Å². The van der Waals surface area contributed by atoms with E-state index in [-0.39, 0.29) is 12.0 Å². The number of thioether (sulfide) groups is 1. The second-order valence-electron chi connectivity index (χ2n) is 11.7. The Labute approximate surface area is 218 Å². The molecule has 0 bridgehead atoms. The summed E-state index contributed by atoms with van der Waals surface area (Å²) in [5.41, 5.74) is 1.78. The number of carbonyl (C=O) groups excluding carboxylic acids is 1. The van der Waals surface area contributed by atoms with Crippen molar-refractivity contribution in [3.05, 3.63) is 65.2 Å². The largest absolute Gasteiger partial charge is 0.455 e. The summed E-state index contributed by atoms with van der Waals surface area (Å²) >= 11 is 1.47. The third kappa shape index (κ3) is 5.97. The zero-order valence-electron chi connectivity index (χ0n) is 22.2. The summed E-state index contributed by atoms with van der Waals surface area (Å²) in [4.78, 5) is 13.9. The third-order valence-corrected chi connectivity index (χ3v) is 7.84. The Bertz CT molecular complexity index is 1060. The fourth-order valence-corrected chi connectivity index (χ4v) is 5.43. The molecular formula is C29H38O6S. The molecule has 2 aliphatic rings. The number of hydrogen-bond acceptors (Lipinski definition) is 7. The van der Waals surface area contributed by atoms with Crippen molar-refractivity contribution in [2.45, 2.75) is 94.9 Å². The van der Waals surface area contributed by atoms with Crippen molar-refractivity contribution in [3.63, 3.8) is 0 Å². The second-order valence-corrected chi connectivity index (χ2v) is 12.8. The van der Waals surface area contributed by atoms with Crippen LogP contribution in [0, 0.1) is 12.3 Å². The summed E-state index contributed by atoms with van der Waals surface area (Å²) in [5.74, 6) is -0.397. The molecule has 2 aromatic carbocycles. The molecule has 4 rings (SSSR count). The SMILES string of the molecule is Cc1ccc(C(C)(C)C)cc1S[C@@H]1O[C@@H]2COC(c3ccccc3)O[C@H]2[C@H](O)[C@H]1OC(=O)C(C)(C)C. The highest BCUT2D eigenvalue weighted by Gasteiger charge is 2.52. The Hall–Kier alpha value is -1.90. The molecule has 2 fully saturated rings. The highest BCUT2D eigenvalue weighted by atomic mass is 32.2. The van der Waals surface area contributed by atoms with E-state index in [2.05, 4.69) is 39.0 Å². The Morgan fingerprint density at radius 1 is 1.03 bits per heavy atom. The monoisotopic (exact) mass is 514 g/mol. The second kappa shape index (κ2) is 10.5. The first-order chi connectivity index (χ1) is 16.8. The van der Waals surface area contributed by atoms with Gasteiger partial charge in [0, 0.05) is 10.5 Å². The van der Waals surface area contributed by atoms with Crippen molar-refractivity contribution >= 4 is 17.7 Å². The van der Waals surface area contributed by atoms with E-state index < -0.39 is 47.5 Å². The molecule has 1 unspecified atom stereocenters. The van der Waals surface area contributed by atoms with E-state index >= 15 is 0 Å². The number of esters is 1. The Morgan fingerprint density at radius 3 is 2.36 bits per heavy atom. The average molecular weight is 515 g/mol. The fourth-order valence-electron chi connectivity index (χ4n) is 4.19. The zero-order valence-corrected chi connectivity index (χ0v) is 23.0. The molecule has 6 nitrogen and oxygen atoms in total. The van der Waals surface area contributed by atoms with Gasteiger partial charge in [0.15, 0.2) is 12.4 Å². The molecule has 2 heterocycles. The lowest BCUT2D eigenvalue weighted by molar-refractivity contribution is -0.320. The maximum atomic E-state index is 12.9. The van der Waals surface area contributed by atoms with E-state index in [0.717, 1.165) is 16.0 Å². The summed E-state index contributed by atoms with van der Waals surface area (Å²) in [6.45, 7) is 14.2. The van der Waals surface area contributed by atoms with E-state index in [0.29, 0.717) is 0 Å². The van der Waals surface area contributed by atoms with Gasteiger partial charge in [-0.25, -0.2) is 0 Å². The molecule has 0 aromatic heterocycles. The Balaban J connectivity index is 1.61. The van der Waals surface area contributed by atoms with Gasteiger partial charge in [0.05, 0.1) is 12.0 Å². The Morgan fingerprint density at radius 2 is 1.72 bits per heavy atom. The molecule has 36 heavy (non-hydrogen) atoms. The van der Waals surface area contributed by atoms with Gasteiger partial charge < -0.3 is 24.1 Å². The van der Waals surface area contributed by atoms with Crippen LogP contribution >= 0.6 is 11.8 Å². The number of aryl methyl sites for hydroxylation is 1. The molecule has 0 aliphatic carbocycles. The van der Waals surface area contributed by atoms with Gasteiger partial charge in [0.25, 0.3) is 0 Å². The predicted octanol–water partition coefficient (Wildman–Crippen LogP) is 5.54. The number of aliphatic hydroxyl groups excluding tert-OH is 1. The third-order valence-electron chi connectivity index (χ3n) is 6.53. The van der Waals surface area contributed by atoms with Gasteiger partial charge >= 0.3 is 5.97 Å². The standard InChI is InChI=1S/C29H38O6S/c1-17-13-14-19(28(2,3)4)15-21(17)36-26-24(35-27(31)29(5,6)7)22(30)23-20(33-26)16-32-25(34-23)18-11-9-8-10-12-18/h8-15,20,22-26,30H,16H2,1-7H3/t20-,22+,23-,24-,25?,26+/m1/s1. The molecular weight excluding hydrogens is 476 g/mol. The van der Waals surface area contributed by atoms with Gasteiger partial charge in [-0.05, 0) is 50.3 Å². The number of rotatable bonds is 4. The number of fused-ring (bicyclic) bond motifs is 1. The van der Waals surface area contributed by atoms with Crippen LogP contribution in [-0.2, 0) is 29.2 Å².